The van der Waals surface area contributed by atoms with Gasteiger partial charge in [0.15, 0.2) is 0 Å². The highest BCUT2D eigenvalue weighted by Gasteiger charge is 2.27. The second-order valence-corrected chi connectivity index (χ2v) is 4.84. The number of hydroxylamine groups is 2. The SMILES string of the molecule is CC(=O)OC1=CN(c2ccc(Br)c(F)c2)C(=O)CN1O. The molecule has 0 unspecified atom stereocenters. The summed E-state index contributed by atoms with van der Waals surface area (Å²) in [4.78, 5) is 23.8. The molecule has 0 radical (unpaired) electrons. The zero-order valence-electron chi connectivity index (χ0n) is 10.3. The topological polar surface area (TPSA) is 70.1 Å². The third-order valence-electron chi connectivity index (χ3n) is 2.48. The molecule has 8 heteroatoms. The average Bonchev–Trinajstić information content (AvgIpc) is 2.36. The molecule has 0 bridgehead atoms. The molecule has 0 aromatic heterocycles. The minimum absolute atomic E-state index is 0.208. The molecule has 0 saturated carbocycles. The van der Waals surface area contributed by atoms with Gasteiger partial charge in [0.05, 0.1) is 16.4 Å². The summed E-state index contributed by atoms with van der Waals surface area (Å²) in [5.74, 6) is -1.89. The maximum Gasteiger partial charge on any atom is 0.309 e. The lowest BCUT2D eigenvalue weighted by molar-refractivity contribution is -0.158. The minimum Gasteiger partial charge on any atom is -0.406 e. The number of rotatable bonds is 2. The highest BCUT2D eigenvalue weighted by molar-refractivity contribution is 9.10. The van der Waals surface area contributed by atoms with Crippen LogP contribution in [0.25, 0.3) is 0 Å². The molecule has 0 saturated heterocycles. The van der Waals surface area contributed by atoms with Crippen LogP contribution in [0.2, 0.25) is 0 Å². The third-order valence-corrected chi connectivity index (χ3v) is 3.12. The van der Waals surface area contributed by atoms with Crippen molar-refractivity contribution in [2.75, 3.05) is 11.4 Å². The first-order valence-electron chi connectivity index (χ1n) is 5.52. The monoisotopic (exact) mass is 344 g/mol. The molecular weight excluding hydrogens is 335 g/mol. The van der Waals surface area contributed by atoms with Gasteiger partial charge in [0.2, 0.25) is 5.88 Å². The molecule has 1 heterocycles. The minimum atomic E-state index is -0.647. The lowest BCUT2D eigenvalue weighted by Gasteiger charge is -2.29. The van der Waals surface area contributed by atoms with E-state index in [0.717, 1.165) is 24.1 Å². The smallest absolute Gasteiger partial charge is 0.309 e. The van der Waals surface area contributed by atoms with Gasteiger partial charge in [-0.05, 0) is 34.1 Å². The van der Waals surface area contributed by atoms with Crippen LogP contribution in [0.5, 0.6) is 0 Å². The Morgan fingerprint density at radius 1 is 1.50 bits per heavy atom. The van der Waals surface area contributed by atoms with E-state index in [1.807, 2.05) is 0 Å². The molecule has 1 N–H and O–H groups in total. The molecular formula is C12H10BrFN2O4. The van der Waals surface area contributed by atoms with Crippen LogP contribution < -0.4 is 4.90 Å². The van der Waals surface area contributed by atoms with Crippen molar-refractivity contribution < 1.29 is 23.9 Å². The summed E-state index contributed by atoms with van der Waals surface area (Å²) >= 11 is 3.01. The van der Waals surface area contributed by atoms with Gasteiger partial charge in [-0.1, -0.05) is 0 Å². The van der Waals surface area contributed by atoms with E-state index in [1.54, 1.807) is 0 Å². The molecule has 6 nitrogen and oxygen atoms in total. The van der Waals surface area contributed by atoms with Gasteiger partial charge in [-0.25, -0.2) is 9.45 Å². The number of hydrogen-bond acceptors (Lipinski definition) is 5. The van der Waals surface area contributed by atoms with Crippen LogP contribution in [0, 0.1) is 5.82 Å². The fourth-order valence-electron chi connectivity index (χ4n) is 1.61. The molecule has 2 rings (SSSR count). The summed E-state index contributed by atoms with van der Waals surface area (Å²) in [7, 11) is 0. The molecule has 106 valence electrons. The van der Waals surface area contributed by atoms with Crippen LogP contribution >= 0.6 is 15.9 Å². The Kier molecular flexibility index (Phi) is 4.05. The predicted molar refractivity (Wildman–Crippen MR) is 69.9 cm³/mol. The summed E-state index contributed by atoms with van der Waals surface area (Å²) in [5, 5.41) is 10.0. The molecule has 1 aliphatic heterocycles. The Morgan fingerprint density at radius 3 is 2.80 bits per heavy atom. The first-order valence-corrected chi connectivity index (χ1v) is 6.31. The van der Waals surface area contributed by atoms with Crippen molar-refractivity contribution in [3.8, 4) is 0 Å². The Hall–Kier alpha value is -1.93. The second kappa shape index (κ2) is 5.59. The van der Waals surface area contributed by atoms with Crippen molar-refractivity contribution in [3.63, 3.8) is 0 Å². The van der Waals surface area contributed by atoms with Crippen LogP contribution in [0.3, 0.4) is 0 Å². The Morgan fingerprint density at radius 2 is 2.20 bits per heavy atom. The highest BCUT2D eigenvalue weighted by atomic mass is 79.9. The number of benzene rings is 1. The van der Waals surface area contributed by atoms with E-state index in [9.17, 15) is 19.2 Å². The Balaban J connectivity index is 2.37. The van der Waals surface area contributed by atoms with Crippen molar-refractivity contribution in [3.05, 3.63) is 40.6 Å². The summed E-state index contributed by atoms with van der Waals surface area (Å²) in [6.07, 6.45) is 1.12. The normalized spacial score (nSPS) is 15.2. The van der Waals surface area contributed by atoms with Crippen molar-refractivity contribution in [2.45, 2.75) is 6.92 Å². The molecule has 20 heavy (non-hydrogen) atoms. The van der Waals surface area contributed by atoms with Gasteiger partial charge in [-0.3, -0.25) is 19.7 Å². The molecule has 1 aliphatic rings. The maximum absolute atomic E-state index is 13.5. The van der Waals surface area contributed by atoms with Crippen molar-refractivity contribution >= 4 is 33.5 Å². The van der Waals surface area contributed by atoms with Gasteiger partial charge in [-0.2, -0.15) is 0 Å². The Labute approximate surface area is 122 Å². The van der Waals surface area contributed by atoms with Crippen molar-refractivity contribution in [1.29, 1.82) is 0 Å². The fraction of sp³-hybridized carbons (Fsp3) is 0.167. The van der Waals surface area contributed by atoms with Gasteiger partial charge in [0.25, 0.3) is 5.91 Å². The fourth-order valence-corrected chi connectivity index (χ4v) is 1.86. The standard InChI is InChI=1S/C12H10BrFN2O4/c1-7(17)20-12-6-15(11(18)5-16(12)19)8-2-3-9(13)10(14)4-8/h2-4,6,19H,5H2,1H3. The summed E-state index contributed by atoms with van der Waals surface area (Å²) in [5.41, 5.74) is 0.258. The van der Waals surface area contributed by atoms with E-state index in [-0.39, 0.29) is 16.0 Å². The first-order chi connectivity index (χ1) is 9.38. The first kappa shape index (κ1) is 14.5. The van der Waals surface area contributed by atoms with Gasteiger partial charge in [0, 0.05) is 6.92 Å². The van der Waals surface area contributed by atoms with Crippen LogP contribution in [0.15, 0.2) is 34.8 Å². The number of ether oxygens (including phenoxy) is 1. The van der Waals surface area contributed by atoms with E-state index in [1.165, 1.54) is 12.1 Å². The molecule has 1 amide bonds. The second-order valence-electron chi connectivity index (χ2n) is 3.98. The molecule has 1 aromatic rings. The zero-order chi connectivity index (χ0) is 14.9. The molecule has 0 fully saturated rings. The van der Waals surface area contributed by atoms with Crippen molar-refractivity contribution in [2.24, 2.45) is 0 Å². The quantitative estimate of drug-likeness (QED) is 0.831. The van der Waals surface area contributed by atoms with E-state index in [4.69, 9.17) is 4.74 Å². The largest absolute Gasteiger partial charge is 0.406 e. The van der Waals surface area contributed by atoms with Gasteiger partial charge in [-0.15, -0.1) is 0 Å². The number of amides is 1. The van der Waals surface area contributed by atoms with Crippen LogP contribution in [-0.4, -0.2) is 28.7 Å². The van der Waals surface area contributed by atoms with Crippen LogP contribution in [0.4, 0.5) is 10.1 Å². The predicted octanol–water partition coefficient (Wildman–Crippen LogP) is 1.99. The summed E-state index contributed by atoms with van der Waals surface area (Å²) < 4.78 is 18.5. The van der Waals surface area contributed by atoms with Crippen molar-refractivity contribution in [1.82, 2.24) is 5.06 Å². The number of carbonyl (C=O) groups is 2. The van der Waals surface area contributed by atoms with E-state index in [0.29, 0.717) is 5.06 Å². The van der Waals surface area contributed by atoms with E-state index < -0.39 is 24.2 Å². The lowest BCUT2D eigenvalue weighted by atomic mass is 10.2. The molecule has 0 atom stereocenters. The number of hydrogen-bond donors (Lipinski definition) is 1. The Bertz CT molecular complexity index is 605. The maximum atomic E-state index is 13.5. The number of anilines is 1. The third kappa shape index (κ3) is 2.97. The zero-order valence-corrected chi connectivity index (χ0v) is 11.9. The lowest BCUT2D eigenvalue weighted by Crippen LogP contribution is -2.42. The average molecular weight is 345 g/mol. The summed E-state index contributed by atoms with van der Waals surface area (Å²) in [6, 6.07) is 4.11. The molecule has 1 aromatic carbocycles. The summed E-state index contributed by atoms with van der Waals surface area (Å²) in [6.45, 7) is 0.755. The van der Waals surface area contributed by atoms with E-state index in [2.05, 4.69) is 15.9 Å². The van der Waals surface area contributed by atoms with Gasteiger partial charge in [0.1, 0.15) is 12.4 Å². The number of nitrogens with zero attached hydrogens (tertiary/aromatic N) is 2. The molecule has 0 spiro atoms. The van der Waals surface area contributed by atoms with Gasteiger partial charge < -0.3 is 4.74 Å². The number of halogens is 2. The van der Waals surface area contributed by atoms with Crippen LogP contribution in [-0.2, 0) is 14.3 Å². The van der Waals surface area contributed by atoms with Gasteiger partial charge >= 0.3 is 5.97 Å². The highest BCUT2D eigenvalue weighted by Crippen LogP contribution is 2.25. The number of carbonyl (C=O) groups excluding carboxylic acids is 2. The van der Waals surface area contributed by atoms with E-state index >= 15 is 0 Å². The van der Waals surface area contributed by atoms with Crippen LogP contribution in [0.1, 0.15) is 6.92 Å². The number of esters is 1. The molecule has 0 aliphatic carbocycles.